The van der Waals surface area contributed by atoms with E-state index >= 15 is 0 Å². The number of nitrogens with one attached hydrogen (secondary N) is 1. The summed E-state index contributed by atoms with van der Waals surface area (Å²) in [5.74, 6) is -1.15. The quantitative estimate of drug-likeness (QED) is 0.767. The molecule has 1 aliphatic carbocycles. The number of aromatic nitrogens is 6. The molecule has 0 radical (unpaired) electrons. The van der Waals surface area contributed by atoms with Crippen molar-refractivity contribution in [3.05, 3.63) is 18.0 Å². The van der Waals surface area contributed by atoms with Gasteiger partial charge in [0, 0.05) is 6.04 Å². The summed E-state index contributed by atoms with van der Waals surface area (Å²) in [4.78, 5) is 0. The van der Waals surface area contributed by atoms with E-state index in [2.05, 4.69) is 30.8 Å². The molecule has 3 aromatic rings. The van der Waals surface area contributed by atoms with Gasteiger partial charge < -0.3 is 5.32 Å². The lowest BCUT2D eigenvalue weighted by Gasteiger charge is -2.03. The van der Waals surface area contributed by atoms with Gasteiger partial charge in [0.1, 0.15) is 5.03 Å². The zero-order valence-corrected chi connectivity index (χ0v) is 12.9. The highest BCUT2D eigenvalue weighted by molar-refractivity contribution is 8.01. The van der Waals surface area contributed by atoms with Crippen molar-refractivity contribution in [1.29, 1.82) is 0 Å². The number of hydrogen-bond donors (Lipinski definition) is 1. The van der Waals surface area contributed by atoms with E-state index in [-0.39, 0.29) is 5.65 Å². The summed E-state index contributed by atoms with van der Waals surface area (Å²) in [6.45, 7) is 0. The van der Waals surface area contributed by atoms with Crippen LogP contribution in [0.1, 0.15) is 18.7 Å². The van der Waals surface area contributed by atoms with E-state index in [1.54, 1.807) is 6.07 Å². The summed E-state index contributed by atoms with van der Waals surface area (Å²) in [6, 6.07) is 3.47. The van der Waals surface area contributed by atoms with E-state index in [1.165, 1.54) is 17.4 Å². The second-order valence-electron chi connectivity index (χ2n) is 4.86. The van der Waals surface area contributed by atoms with E-state index in [0.717, 1.165) is 24.6 Å². The van der Waals surface area contributed by atoms with Gasteiger partial charge in [-0.2, -0.15) is 22.8 Å². The van der Waals surface area contributed by atoms with Crippen molar-refractivity contribution in [2.24, 2.45) is 0 Å². The fraction of sp³-hybridized carbons (Fsp3) is 0.364. The van der Waals surface area contributed by atoms with E-state index in [9.17, 15) is 13.2 Å². The molecule has 0 aromatic carbocycles. The molecule has 12 heteroatoms. The number of hydrogen-bond acceptors (Lipinski definition) is 8. The largest absolute Gasteiger partial charge is 0.453 e. The Morgan fingerprint density at radius 2 is 2.00 bits per heavy atom. The van der Waals surface area contributed by atoms with Crippen molar-refractivity contribution in [3.8, 4) is 0 Å². The molecular formula is C11H8F3N7S2. The molecule has 3 heterocycles. The van der Waals surface area contributed by atoms with Gasteiger partial charge in [0.05, 0.1) is 0 Å². The first-order valence-corrected chi connectivity index (χ1v) is 8.20. The highest BCUT2D eigenvalue weighted by Crippen LogP contribution is 2.34. The lowest BCUT2D eigenvalue weighted by Crippen LogP contribution is -2.12. The maximum Gasteiger partial charge on any atom is 0.453 e. The summed E-state index contributed by atoms with van der Waals surface area (Å²) in [6.07, 6.45) is -2.37. The number of halogens is 3. The number of alkyl halides is 3. The van der Waals surface area contributed by atoms with E-state index < -0.39 is 12.0 Å². The Labute approximate surface area is 135 Å². The summed E-state index contributed by atoms with van der Waals surface area (Å²) >= 11 is 2.48. The maximum atomic E-state index is 12.8. The van der Waals surface area contributed by atoms with Crippen LogP contribution in [-0.4, -0.2) is 36.1 Å². The molecule has 0 saturated heterocycles. The molecule has 1 N–H and O–H groups in total. The third kappa shape index (κ3) is 3.08. The molecule has 4 rings (SSSR count). The van der Waals surface area contributed by atoms with Gasteiger partial charge in [0.15, 0.2) is 9.99 Å². The highest BCUT2D eigenvalue weighted by atomic mass is 32.2. The molecular weight excluding hydrogens is 351 g/mol. The number of nitrogens with zero attached hydrogens (tertiary/aromatic N) is 6. The summed E-state index contributed by atoms with van der Waals surface area (Å²) in [5, 5.41) is 22.8. The average molecular weight is 359 g/mol. The normalized spacial score (nSPS) is 15.3. The smallest absolute Gasteiger partial charge is 0.357 e. The SMILES string of the molecule is FC(F)(F)c1nnc2ccc(Sc3nnc(NC4CC4)s3)nn12. The Morgan fingerprint density at radius 3 is 2.74 bits per heavy atom. The molecule has 23 heavy (non-hydrogen) atoms. The Bertz CT molecular complexity index is 855. The van der Waals surface area contributed by atoms with Crippen LogP contribution in [0.3, 0.4) is 0 Å². The number of fused-ring (bicyclic) bond motifs is 1. The van der Waals surface area contributed by atoms with E-state index in [4.69, 9.17) is 0 Å². The highest BCUT2D eigenvalue weighted by Gasteiger charge is 2.37. The molecule has 0 unspecified atom stereocenters. The third-order valence-corrected chi connectivity index (χ3v) is 4.83. The minimum atomic E-state index is -4.61. The first-order chi connectivity index (χ1) is 11.0. The molecule has 1 fully saturated rings. The van der Waals surface area contributed by atoms with Crippen LogP contribution in [0.15, 0.2) is 21.5 Å². The van der Waals surface area contributed by atoms with Gasteiger partial charge in [-0.15, -0.1) is 20.4 Å². The van der Waals surface area contributed by atoms with Crippen LogP contribution < -0.4 is 5.32 Å². The minimum absolute atomic E-state index is 0.0371. The van der Waals surface area contributed by atoms with Crippen molar-refractivity contribution >= 4 is 33.9 Å². The van der Waals surface area contributed by atoms with Crippen LogP contribution in [0.25, 0.3) is 5.65 Å². The zero-order chi connectivity index (χ0) is 16.0. The van der Waals surface area contributed by atoms with Crippen LogP contribution >= 0.6 is 23.1 Å². The van der Waals surface area contributed by atoms with Crippen LogP contribution in [0.5, 0.6) is 0 Å². The third-order valence-electron chi connectivity index (χ3n) is 3.00. The number of rotatable bonds is 4. The Morgan fingerprint density at radius 1 is 1.17 bits per heavy atom. The van der Waals surface area contributed by atoms with Crippen LogP contribution in [0, 0.1) is 0 Å². The van der Waals surface area contributed by atoms with Crippen molar-refractivity contribution < 1.29 is 13.2 Å². The lowest BCUT2D eigenvalue weighted by atomic mass is 10.5. The second kappa shape index (κ2) is 5.30. The molecule has 0 amide bonds. The molecule has 0 aliphatic heterocycles. The van der Waals surface area contributed by atoms with E-state index in [0.29, 0.717) is 25.1 Å². The van der Waals surface area contributed by atoms with Crippen LogP contribution in [0.4, 0.5) is 18.3 Å². The Kier molecular flexibility index (Phi) is 3.37. The second-order valence-corrected chi connectivity index (χ2v) is 7.10. The van der Waals surface area contributed by atoms with Gasteiger partial charge >= 0.3 is 6.18 Å². The molecule has 0 bridgehead atoms. The van der Waals surface area contributed by atoms with Crippen molar-refractivity contribution in [1.82, 2.24) is 30.0 Å². The van der Waals surface area contributed by atoms with Gasteiger partial charge in [-0.1, -0.05) is 11.3 Å². The lowest BCUT2D eigenvalue weighted by molar-refractivity contribution is -0.146. The summed E-state index contributed by atoms with van der Waals surface area (Å²) < 4.78 is 39.8. The molecule has 7 nitrogen and oxygen atoms in total. The average Bonchev–Trinajstić information content (AvgIpc) is 3.02. The van der Waals surface area contributed by atoms with Gasteiger partial charge in [0.2, 0.25) is 5.13 Å². The van der Waals surface area contributed by atoms with Crippen LogP contribution in [-0.2, 0) is 6.18 Å². The standard InChI is InChI=1S/C11H8F3N7S2/c12-11(13,14)8-17-16-6-3-4-7(20-21(6)8)22-10-19-18-9(23-10)15-5-1-2-5/h3-5H,1-2H2,(H,15,18). The van der Waals surface area contributed by atoms with Crippen molar-refractivity contribution in [3.63, 3.8) is 0 Å². The van der Waals surface area contributed by atoms with Crippen molar-refractivity contribution in [2.45, 2.75) is 34.4 Å². The fourth-order valence-electron chi connectivity index (χ4n) is 1.80. The number of anilines is 1. The Balaban J connectivity index is 1.59. The monoisotopic (exact) mass is 359 g/mol. The predicted molar refractivity (Wildman–Crippen MR) is 76.5 cm³/mol. The first-order valence-electron chi connectivity index (χ1n) is 6.56. The maximum absolute atomic E-state index is 12.8. The molecule has 1 saturated carbocycles. The minimum Gasteiger partial charge on any atom is -0.357 e. The zero-order valence-electron chi connectivity index (χ0n) is 11.3. The predicted octanol–water partition coefficient (Wildman–Crippen LogP) is 2.72. The summed E-state index contributed by atoms with van der Waals surface area (Å²) in [7, 11) is 0. The van der Waals surface area contributed by atoms with E-state index in [1.807, 2.05) is 0 Å². The molecule has 3 aromatic heterocycles. The van der Waals surface area contributed by atoms with Gasteiger partial charge in [-0.05, 0) is 36.7 Å². The van der Waals surface area contributed by atoms with Gasteiger partial charge in [0.25, 0.3) is 5.82 Å². The summed E-state index contributed by atoms with van der Waals surface area (Å²) in [5.41, 5.74) is 0.0371. The van der Waals surface area contributed by atoms with Crippen LogP contribution in [0.2, 0.25) is 0 Å². The fourth-order valence-corrected chi connectivity index (χ4v) is 3.54. The first kappa shape index (κ1) is 14.6. The van der Waals surface area contributed by atoms with Gasteiger partial charge in [-0.3, -0.25) is 0 Å². The van der Waals surface area contributed by atoms with Crippen molar-refractivity contribution in [2.75, 3.05) is 5.32 Å². The molecule has 0 spiro atoms. The topological polar surface area (TPSA) is 80.9 Å². The Hall–Kier alpha value is -1.95. The molecule has 0 atom stereocenters. The van der Waals surface area contributed by atoms with Gasteiger partial charge in [-0.25, -0.2) is 0 Å². The molecule has 120 valence electrons. The molecule has 1 aliphatic rings.